The largest absolute Gasteiger partial charge is 0.390 e. The lowest BCUT2D eigenvalue weighted by atomic mass is 10.0. The van der Waals surface area contributed by atoms with E-state index in [0.717, 1.165) is 5.56 Å². The second kappa shape index (κ2) is 6.54. The van der Waals surface area contributed by atoms with Gasteiger partial charge in [-0.25, -0.2) is 0 Å². The van der Waals surface area contributed by atoms with Gasteiger partial charge in [0, 0.05) is 10.5 Å². The minimum Gasteiger partial charge on any atom is -0.390 e. The first kappa shape index (κ1) is 13.8. The summed E-state index contributed by atoms with van der Waals surface area (Å²) in [6.07, 6.45) is -1.22. The van der Waals surface area contributed by atoms with Crippen molar-refractivity contribution in [3.05, 3.63) is 46.3 Å². The molecule has 0 aromatic heterocycles. The van der Waals surface area contributed by atoms with E-state index >= 15 is 0 Å². The lowest BCUT2D eigenvalue weighted by molar-refractivity contribution is -0.244. The van der Waals surface area contributed by atoms with Crippen LogP contribution in [0.25, 0.3) is 10.4 Å². The van der Waals surface area contributed by atoms with Gasteiger partial charge < -0.3 is 14.6 Å². The Hall–Kier alpha value is -1.59. The van der Waals surface area contributed by atoms with Gasteiger partial charge in [0.05, 0.1) is 24.9 Å². The molecule has 1 N–H and O–H groups in total. The molecular formula is C13H17N3O3. The molecule has 6 heteroatoms. The Morgan fingerprint density at radius 2 is 2.21 bits per heavy atom. The summed E-state index contributed by atoms with van der Waals surface area (Å²) < 4.78 is 11.3. The normalized spacial score (nSPS) is 28.4. The van der Waals surface area contributed by atoms with E-state index in [0.29, 0.717) is 6.42 Å². The topological polar surface area (TPSA) is 87.5 Å². The molecule has 1 heterocycles. The molecule has 1 saturated heterocycles. The number of aliphatic hydroxyl groups excluding tert-OH is 1. The van der Waals surface area contributed by atoms with E-state index in [9.17, 15) is 5.11 Å². The Morgan fingerprint density at radius 3 is 2.84 bits per heavy atom. The van der Waals surface area contributed by atoms with Crippen molar-refractivity contribution in [2.24, 2.45) is 5.11 Å². The third kappa shape index (κ3) is 3.24. The maximum absolute atomic E-state index is 9.98. The van der Waals surface area contributed by atoms with Crippen LogP contribution in [0.3, 0.4) is 0 Å². The number of azide groups is 1. The first-order valence-corrected chi connectivity index (χ1v) is 6.30. The van der Waals surface area contributed by atoms with E-state index in [-0.39, 0.29) is 6.61 Å². The molecule has 0 saturated carbocycles. The number of rotatable bonds is 4. The summed E-state index contributed by atoms with van der Waals surface area (Å²) in [7, 11) is 0. The Labute approximate surface area is 111 Å². The molecule has 4 atom stereocenters. The highest BCUT2D eigenvalue weighted by Gasteiger charge is 2.36. The second-order valence-electron chi connectivity index (χ2n) is 4.42. The van der Waals surface area contributed by atoms with Crippen LogP contribution >= 0.6 is 0 Å². The van der Waals surface area contributed by atoms with Crippen LogP contribution in [0.1, 0.15) is 25.2 Å². The number of aliphatic hydroxyl groups is 1. The standard InChI is InChI=1S/C13H17N3O3/c1-2-11(17)12-10(15-16-14)8-18-13(19-12)9-6-4-3-5-7-9/h3-7,10-13,17H,2,8H2,1H3/t10?,11-,12?,13?/m1/s1. The van der Waals surface area contributed by atoms with E-state index in [1.807, 2.05) is 37.3 Å². The number of ether oxygens (including phenoxy) is 2. The molecule has 1 aliphatic rings. The van der Waals surface area contributed by atoms with Crippen LogP contribution < -0.4 is 0 Å². The Balaban J connectivity index is 2.14. The highest BCUT2D eigenvalue weighted by Crippen LogP contribution is 2.29. The van der Waals surface area contributed by atoms with Crippen molar-refractivity contribution in [3.63, 3.8) is 0 Å². The van der Waals surface area contributed by atoms with E-state index in [1.165, 1.54) is 0 Å². The molecule has 0 radical (unpaired) electrons. The minimum absolute atomic E-state index is 0.241. The predicted octanol–water partition coefficient (Wildman–Crippen LogP) is 2.55. The molecule has 1 fully saturated rings. The Bertz CT molecular complexity index is 448. The summed E-state index contributed by atoms with van der Waals surface area (Å²) in [5.41, 5.74) is 9.42. The third-order valence-corrected chi connectivity index (χ3v) is 3.15. The minimum atomic E-state index is -0.675. The quantitative estimate of drug-likeness (QED) is 0.514. The molecule has 6 nitrogen and oxygen atoms in total. The zero-order valence-corrected chi connectivity index (χ0v) is 10.7. The van der Waals surface area contributed by atoms with E-state index < -0.39 is 24.5 Å². The second-order valence-corrected chi connectivity index (χ2v) is 4.42. The van der Waals surface area contributed by atoms with Gasteiger partial charge in [0.15, 0.2) is 6.29 Å². The summed E-state index contributed by atoms with van der Waals surface area (Å²) in [6, 6.07) is 8.99. The highest BCUT2D eigenvalue weighted by molar-refractivity contribution is 5.16. The first-order valence-electron chi connectivity index (χ1n) is 6.30. The van der Waals surface area contributed by atoms with Gasteiger partial charge in [-0.05, 0) is 12.0 Å². The van der Waals surface area contributed by atoms with Crippen molar-refractivity contribution in [1.29, 1.82) is 0 Å². The van der Waals surface area contributed by atoms with Gasteiger partial charge in [-0.2, -0.15) is 0 Å². The molecule has 1 aliphatic heterocycles. The highest BCUT2D eigenvalue weighted by atomic mass is 16.7. The summed E-state index contributed by atoms with van der Waals surface area (Å²) in [5, 5.41) is 13.6. The van der Waals surface area contributed by atoms with Crippen molar-refractivity contribution < 1.29 is 14.6 Å². The van der Waals surface area contributed by atoms with Gasteiger partial charge in [0.25, 0.3) is 0 Å². The van der Waals surface area contributed by atoms with Crippen molar-refractivity contribution in [3.8, 4) is 0 Å². The van der Waals surface area contributed by atoms with Gasteiger partial charge in [0.1, 0.15) is 0 Å². The zero-order chi connectivity index (χ0) is 13.7. The van der Waals surface area contributed by atoms with E-state index in [1.54, 1.807) is 0 Å². The number of nitrogens with zero attached hydrogens (tertiary/aromatic N) is 3. The maximum Gasteiger partial charge on any atom is 0.184 e. The zero-order valence-electron chi connectivity index (χ0n) is 10.7. The molecule has 1 aromatic rings. The fourth-order valence-electron chi connectivity index (χ4n) is 2.08. The van der Waals surface area contributed by atoms with Crippen LogP contribution in [0.2, 0.25) is 0 Å². The fourth-order valence-corrected chi connectivity index (χ4v) is 2.08. The lowest BCUT2D eigenvalue weighted by Crippen LogP contribution is -2.46. The van der Waals surface area contributed by atoms with Crippen molar-refractivity contribution in [2.75, 3.05) is 6.61 Å². The molecule has 2 rings (SSSR count). The van der Waals surface area contributed by atoms with Crippen LogP contribution in [0, 0.1) is 0 Å². The van der Waals surface area contributed by atoms with Crippen LogP contribution in [0.15, 0.2) is 35.4 Å². The first-order chi connectivity index (χ1) is 9.26. The third-order valence-electron chi connectivity index (χ3n) is 3.15. The van der Waals surface area contributed by atoms with Crippen LogP contribution in [0.4, 0.5) is 0 Å². The SMILES string of the molecule is CC[C@@H](O)C1OC(c2ccccc2)OCC1N=[N+]=[N-]. The molecular weight excluding hydrogens is 246 g/mol. The Morgan fingerprint density at radius 1 is 1.47 bits per heavy atom. The van der Waals surface area contributed by atoms with Gasteiger partial charge in [-0.1, -0.05) is 42.4 Å². The van der Waals surface area contributed by atoms with Crippen molar-refractivity contribution in [1.82, 2.24) is 0 Å². The molecule has 0 aliphatic carbocycles. The predicted molar refractivity (Wildman–Crippen MR) is 69.2 cm³/mol. The van der Waals surface area contributed by atoms with Crippen LogP contribution in [-0.4, -0.2) is 30.0 Å². The van der Waals surface area contributed by atoms with Crippen LogP contribution in [-0.2, 0) is 9.47 Å². The summed E-state index contributed by atoms with van der Waals surface area (Å²) in [4.78, 5) is 2.78. The molecule has 0 amide bonds. The van der Waals surface area contributed by atoms with E-state index in [2.05, 4.69) is 10.0 Å². The molecule has 0 bridgehead atoms. The molecule has 0 spiro atoms. The fraction of sp³-hybridized carbons (Fsp3) is 0.538. The average Bonchev–Trinajstić information content (AvgIpc) is 2.48. The lowest BCUT2D eigenvalue weighted by Gasteiger charge is -2.36. The smallest absolute Gasteiger partial charge is 0.184 e. The van der Waals surface area contributed by atoms with Gasteiger partial charge in [-0.3, -0.25) is 0 Å². The summed E-state index contributed by atoms with van der Waals surface area (Å²) in [6.45, 7) is 2.10. The van der Waals surface area contributed by atoms with Gasteiger partial charge >= 0.3 is 0 Å². The van der Waals surface area contributed by atoms with Crippen LogP contribution in [0.5, 0.6) is 0 Å². The molecule has 1 aromatic carbocycles. The van der Waals surface area contributed by atoms with Crippen molar-refractivity contribution in [2.45, 2.75) is 37.9 Å². The summed E-state index contributed by atoms with van der Waals surface area (Å²) in [5.74, 6) is 0. The average molecular weight is 263 g/mol. The number of hydrogen-bond acceptors (Lipinski definition) is 4. The summed E-state index contributed by atoms with van der Waals surface area (Å²) >= 11 is 0. The van der Waals surface area contributed by atoms with Gasteiger partial charge in [0.2, 0.25) is 0 Å². The van der Waals surface area contributed by atoms with Crippen molar-refractivity contribution >= 4 is 0 Å². The maximum atomic E-state index is 9.98. The van der Waals surface area contributed by atoms with Gasteiger partial charge in [-0.15, -0.1) is 0 Å². The monoisotopic (exact) mass is 263 g/mol. The molecule has 102 valence electrons. The number of hydrogen-bond donors (Lipinski definition) is 1. The molecule has 19 heavy (non-hydrogen) atoms. The number of benzene rings is 1. The van der Waals surface area contributed by atoms with E-state index in [4.69, 9.17) is 15.0 Å². The molecule has 3 unspecified atom stereocenters. The Kier molecular flexibility index (Phi) is 4.76.